The maximum Gasteiger partial charge on any atom is 0.339 e. The highest BCUT2D eigenvalue weighted by atomic mass is 16.6. The monoisotopic (exact) mass is 642 g/mol. The number of carbonyl (C=O) groups is 1. The fourth-order valence-corrected chi connectivity index (χ4v) is 6.14. The van der Waals surface area contributed by atoms with Crippen LogP contribution < -0.4 is 4.74 Å². The van der Waals surface area contributed by atoms with Crippen molar-refractivity contribution in [3.63, 3.8) is 0 Å². The van der Waals surface area contributed by atoms with Gasteiger partial charge in [0.05, 0.1) is 51.8 Å². The molecule has 48 heavy (non-hydrogen) atoms. The molecule has 0 bridgehead atoms. The second kappa shape index (κ2) is 15.0. The molecule has 1 fully saturated rings. The molecule has 1 saturated heterocycles. The zero-order valence-corrected chi connectivity index (χ0v) is 26.7. The fraction of sp³-hybridized carbons (Fsp3) is 0.244. The predicted octanol–water partition coefficient (Wildman–Crippen LogP) is 7.46. The van der Waals surface area contributed by atoms with Gasteiger partial charge in [-0.15, -0.1) is 0 Å². The molecule has 0 radical (unpaired) electrons. The van der Waals surface area contributed by atoms with E-state index in [0.29, 0.717) is 49.9 Å². The topological polar surface area (TPSA) is 75.8 Å². The Morgan fingerprint density at radius 3 is 1.83 bits per heavy atom. The van der Waals surface area contributed by atoms with Crippen LogP contribution in [-0.2, 0) is 29.3 Å². The van der Waals surface area contributed by atoms with Gasteiger partial charge in [-0.3, -0.25) is 0 Å². The van der Waals surface area contributed by atoms with Gasteiger partial charge in [-0.2, -0.15) is 0 Å². The molecule has 0 spiro atoms. The number of ether oxygens (including phenoxy) is 6. The first-order valence-corrected chi connectivity index (χ1v) is 16.4. The van der Waals surface area contributed by atoms with Crippen LogP contribution in [0, 0.1) is 0 Å². The molecule has 0 aliphatic carbocycles. The van der Waals surface area contributed by atoms with Gasteiger partial charge in [0.1, 0.15) is 18.5 Å². The lowest BCUT2D eigenvalue weighted by Gasteiger charge is -2.37. The molecule has 2 aliphatic heterocycles. The van der Waals surface area contributed by atoms with E-state index >= 15 is 0 Å². The van der Waals surface area contributed by atoms with Crippen molar-refractivity contribution in [1.82, 2.24) is 0 Å². The number of rotatable bonds is 15. The van der Waals surface area contributed by atoms with Crippen molar-refractivity contribution in [2.45, 2.75) is 11.7 Å². The standard InChI is InChI=1S/C41H38O7/c42-40(46-27-26-44-23-22-43-24-25-45-28-33-29-47-33)38-36-20-21-41(31-14-6-2-7-15-31,32-16-8-3-9-17-32)48-39(36)35-19-11-10-18-34(35)37(38)30-12-4-1-5-13-30/h1-21,33H,22-29H2. The number of carbonyl (C=O) groups excluding carboxylic acids is 1. The predicted molar refractivity (Wildman–Crippen MR) is 185 cm³/mol. The molecular formula is C41H38O7. The second-order valence-corrected chi connectivity index (χ2v) is 11.7. The first-order chi connectivity index (χ1) is 23.7. The normalized spacial score (nSPS) is 15.9. The van der Waals surface area contributed by atoms with Crippen molar-refractivity contribution in [1.29, 1.82) is 0 Å². The highest BCUT2D eigenvalue weighted by Crippen LogP contribution is 2.49. The molecule has 7 heteroatoms. The van der Waals surface area contributed by atoms with Crippen molar-refractivity contribution in [3.8, 4) is 16.9 Å². The Labute approximate surface area is 280 Å². The Kier molecular flexibility index (Phi) is 9.91. The van der Waals surface area contributed by atoms with Gasteiger partial charge in [0, 0.05) is 27.6 Å². The maximum absolute atomic E-state index is 14.1. The third-order valence-electron chi connectivity index (χ3n) is 8.54. The number of fused-ring (bicyclic) bond motifs is 3. The van der Waals surface area contributed by atoms with Crippen LogP contribution in [0.25, 0.3) is 28.0 Å². The molecule has 244 valence electrons. The molecule has 0 aromatic heterocycles. The fourth-order valence-electron chi connectivity index (χ4n) is 6.14. The Morgan fingerprint density at radius 1 is 0.667 bits per heavy atom. The van der Waals surface area contributed by atoms with Gasteiger partial charge in [-0.1, -0.05) is 115 Å². The Morgan fingerprint density at radius 2 is 1.21 bits per heavy atom. The summed E-state index contributed by atoms with van der Waals surface area (Å²) < 4.78 is 34.9. The number of benzene rings is 5. The molecule has 0 N–H and O–H groups in total. The van der Waals surface area contributed by atoms with E-state index in [2.05, 4.69) is 30.3 Å². The smallest absolute Gasteiger partial charge is 0.339 e. The van der Waals surface area contributed by atoms with E-state index in [9.17, 15) is 4.79 Å². The summed E-state index contributed by atoms with van der Waals surface area (Å²) in [6, 6.07) is 38.4. The van der Waals surface area contributed by atoms with Gasteiger partial charge >= 0.3 is 5.97 Å². The third kappa shape index (κ3) is 6.91. The molecule has 0 saturated carbocycles. The molecule has 7 rings (SSSR count). The lowest BCUT2D eigenvalue weighted by Crippen LogP contribution is -2.34. The summed E-state index contributed by atoms with van der Waals surface area (Å²) in [6.45, 7) is 3.57. The molecule has 5 aromatic carbocycles. The summed E-state index contributed by atoms with van der Waals surface area (Å²) in [7, 11) is 0. The minimum absolute atomic E-state index is 0.0989. The quantitative estimate of drug-likeness (QED) is 0.0667. The lowest BCUT2D eigenvalue weighted by atomic mass is 9.81. The molecule has 2 heterocycles. The van der Waals surface area contributed by atoms with E-state index < -0.39 is 11.6 Å². The van der Waals surface area contributed by atoms with E-state index in [1.54, 1.807) is 0 Å². The molecular weight excluding hydrogens is 604 g/mol. The van der Waals surface area contributed by atoms with Crippen molar-refractivity contribution in [3.05, 3.63) is 144 Å². The van der Waals surface area contributed by atoms with Crippen LogP contribution in [-0.4, -0.2) is 64.9 Å². The molecule has 0 amide bonds. The number of epoxide rings is 1. The van der Waals surface area contributed by atoms with Crippen LogP contribution in [0.5, 0.6) is 5.75 Å². The van der Waals surface area contributed by atoms with Gasteiger partial charge < -0.3 is 28.4 Å². The summed E-state index contributed by atoms with van der Waals surface area (Å²) in [5.74, 6) is 0.196. The summed E-state index contributed by atoms with van der Waals surface area (Å²) >= 11 is 0. The SMILES string of the molecule is O=C(OCCOCCOCCOCC1CO1)c1c2c(c3ccccc3c1-c1ccccc1)OC(c1ccccc1)(c1ccccc1)C=C2. The Balaban J connectivity index is 1.17. The number of hydrogen-bond acceptors (Lipinski definition) is 7. The minimum atomic E-state index is -0.901. The first-order valence-electron chi connectivity index (χ1n) is 16.4. The van der Waals surface area contributed by atoms with Crippen LogP contribution in [0.1, 0.15) is 27.0 Å². The van der Waals surface area contributed by atoms with Gasteiger partial charge in [-0.05, 0) is 23.1 Å². The minimum Gasteiger partial charge on any atom is -0.472 e. The first kappa shape index (κ1) is 31.8. The zero-order valence-electron chi connectivity index (χ0n) is 26.7. The highest BCUT2D eigenvalue weighted by molar-refractivity contribution is 6.14. The molecule has 7 nitrogen and oxygen atoms in total. The van der Waals surface area contributed by atoms with Crippen LogP contribution >= 0.6 is 0 Å². The van der Waals surface area contributed by atoms with Gasteiger partial charge in [0.15, 0.2) is 5.60 Å². The number of esters is 1. The maximum atomic E-state index is 14.1. The van der Waals surface area contributed by atoms with Gasteiger partial charge in [0.25, 0.3) is 0 Å². The molecule has 5 aromatic rings. The largest absolute Gasteiger partial charge is 0.472 e. The van der Waals surface area contributed by atoms with Crippen LogP contribution in [0.2, 0.25) is 0 Å². The van der Waals surface area contributed by atoms with Crippen molar-refractivity contribution >= 4 is 22.8 Å². The highest BCUT2D eigenvalue weighted by Gasteiger charge is 2.39. The van der Waals surface area contributed by atoms with E-state index in [-0.39, 0.29) is 19.3 Å². The summed E-state index contributed by atoms with van der Waals surface area (Å²) in [5.41, 5.74) is 3.94. The van der Waals surface area contributed by atoms with Crippen LogP contribution in [0.15, 0.2) is 121 Å². The second-order valence-electron chi connectivity index (χ2n) is 11.7. The van der Waals surface area contributed by atoms with Crippen LogP contribution in [0.4, 0.5) is 0 Å². The van der Waals surface area contributed by atoms with Crippen LogP contribution in [0.3, 0.4) is 0 Å². The van der Waals surface area contributed by atoms with E-state index in [4.69, 9.17) is 28.4 Å². The van der Waals surface area contributed by atoms with Crippen molar-refractivity contribution in [2.75, 3.05) is 52.9 Å². The molecule has 1 atom stereocenters. The summed E-state index contributed by atoms with van der Waals surface area (Å²) in [5, 5.41) is 1.82. The van der Waals surface area contributed by atoms with Crippen molar-refractivity contribution in [2.24, 2.45) is 0 Å². The molecule has 2 aliphatic rings. The Hall–Kier alpha value is -4.79. The number of hydrogen-bond donors (Lipinski definition) is 0. The lowest BCUT2D eigenvalue weighted by molar-refractivity contribution is -0.000871. The summed E-state index contributed by atoms with van der Waals surface area (Å²) in [6.07, 6.45) is 4.32. The average molecular weight is 643 g/mol. The third-order valence-corrected chi connectivity index (χ3v) is 8.54. The summed E-state index contributed by atoms with van der Waals surface area (Å²) in [4.78, 5) is 14.1. The average Bonchev–Trinajstić information content (AvgIpc) is 3.98. The zero-order chi connectivity index (χ0) is 32.6. The van der Waals surface area contributed by atoms with E-state index in [1.165, 1.54) is 0 Å². The van der Waals surface area contributed by atoms with E-state index in [0.717, 1.165) is 39.6 Å². The molecule has 1 unspecified atom stereocenters. The van der Waals surface area contributed by atoms with Crippen molar-refractivity contribution < 1.29 is 33.2 Å². The van der Waals surface area contributed by atoms with E-state index in [1.807, 2.05) is 97.1 Å². The van der Waals surface area contributed by atoms with Gasteiger partial charge in [-0.25, -0.2) is 4.79 Å². The Bertz CT molecular complexity index is 1810. The van der Waals surface area contributed by atoms with Gasteiger partial charge in [0.2, 0.25) is 0 Å².